The van der Waals surface area contributed by atoms with Crippen molar-refractivity contribution in [2.75, 3.05) is 20.0 Å². The van der Waals surface area contributed by atoms with E-state index < -0.39 is 17.9 Å². The number of carboxylic acid groups (broad SMARTS) is 1. The normalized spacial score (nSPS) is 12.1. The molecule has 0 radical (unpaired) electrons. The molecule has 1 atom stereocenters. The second-order valence-corrected chi connectivity index (χ2v) is 5.06. The maximum atomic E-state index is 11.9. The molecule has 1 aromatic rings. The number of carboxylic acids is 1. The lowest BCUT2D eigenvalue weighted by atomic mass is 10.1. The van der Waals surface area contributed by atoms with E-state index in [2.05, 4.69) is 5.32 Å². The second-order valence-electron chi connectivity index (χ2n) is 4.20. The summed E-state index contributed by atoms with van der Waals surface area (Å²) in [5, 5.41) is 11.5. The molecule has 0 spiro atoms. The number of methoxy groups -OCH3 is 1. The van der Waals surface area contributed by atoms with Crippen molar-refractivity contribution in [3.05, 3.63) is 23.7 Å². The molecule has 0 aliphatic heterocycles. The molecule has 0 bridgehead atoms. The fourth-order valence-corrected chi connectivity index (χ4v) is 2.08. The predicted octanol–water partition coefficient (Wildman–Crippen LogP) is 1.75. The minimum atomic E-state index is -1.06. The first kappa shape index (κ1) is 16.6. The smallest absolute Gasteiger partial charge is 0.326 e. The molecule has 0 saturated heterocycles. The number of hydrogen-bond donors (Lipinski definition) is 2. The number of hydrogen-bond acceptors (Lipinski definition) is 5. The summed E-state index contributed by atoms with van der Waals surface area (Å²) in [5.41, 5.74) is 0. The van der Waals surface area contributed by atoms with Gasteiger partial charge in [-0.05, 0) is 31.2 Å². The van der Waals surface area contributed by atoms with Crippen LogP contribution in [-0.2, 0) is 15.3 Å². The zero-order valence-electron chi connectivity index (χ0n) is 11.5. The van der Waals surface area contributed by atoms with Gasteiger partial charge in [0, 0.05) is 13.7 Å². The second kappa shape index (κ2) is 8.65. The molecule has 0 fully saturated rings. The number of aliphatic carboxylic acids is 1. The van der Waals surface area contributed by atoms with Crippen LogP contribution in [0, 0.1) is 0 Å². The molecule has 0 aromatic carbocycles. The standard InChI is InChI=1S/C13H19NO5S/c1-18-7-3-4-10(13(16)17)14-12(15)11-6-5-9(19-11)8-20-2/h5-6,10H,3-4,7-8H2,1-2H3,(H,14,15)(H,16,17). The molecule has 1 aromatic heterocycles. The van der Waals surface area contributed by atoms with Gasteiger partial charge in [0.15, 0.2) is 5.76 Å². The van der Waals surface area contributed by atoms with E-state index in [0.29, 0.717) is 31.0 Å². The SMILES string of the molecule is COCCCC(NC(=O)c1ccc(CSC)o1)C(=O)O. The first-order valence-corrected chi connectivity index (χ1v) is 7.58. The molecular formula is C13H19NO5S. The molecule has 2 N–H and O–H groups in total. The van der Waals surface area contributed by atoms with Gasteiger partial charge in [0.2, 0.25) is 0 Å². The Labute approximate surface area is 121 Å². The molecule has 1 unspecified atom stereocenters. The molecule has 6 nitrogen and oxygen atoms in total. The summed E-state index contributed by atoms with van der Waals surface area (Å²) in [5.74, 6) is -0.0859. The number of nitrogens with one attached hydrogen (secondary N) is 1. The Morgan fingerprint density at radius 2 is 2.25 bits per heavy atom. The van der Waals surface area contributed by atoms with E-state index >= 15 is 0 Å². The number of thioether (sulfide) groups is 1. The van der Waals surface area contributed by atoms with Gasteiger partial charge in [0.1, 0.15) is 11.8 Å². The average molecular weight is 301 g/mol. The van der Waals surface area contributed by atoms with E-state index in [-0.39, 0.29) is 5.76 Å². The van der Waals surface area contributed by atoms with E-state index in [1.165, 1.54) is 0 Å². The number of furan rings is 1. The summed E-state index contributed by atoms with van der Waals surface area (Å²) >= 11 is 1.58. The van der Waals surface area contributed by atoms with E-state index in [0.717, 1.165) is 0 Å². The zero-order valence-corrected chi connectivity index (χ0v) is 12.4. The van der Waals surface area contributed by atoms with Crippen LogP contribution in [-0.4, -0.2) is 43.0 Å². The fourth-order valence-electron chi connectivity index (χ4n) is 1.64. The highest BCUT2D eigenvalue weighted by Crippen LogP contribution is 2.13. The van der Waals surface area contributed by atoms with Crippen LogP contribution in [0.15, 0.2) is 16.5 Å². The lowest BCUT2D eigenvalue weighted by Gasteiger charge is -2.13. The van der Waals surface area contributed by atoms with Gasteiger partial charge in [0.05, 0.1) is 5.75 Å². The van der Waals surface area contributed by atoms with Crippen LogP contribution in [0.3, 0.4) is 0 Å². The van der Waals surface area contributed by atoms with Crippen LogP contribution in [0.1, 0.15) is 29.2 Å². The largest absolute Gasteiger partial charge is 0.480 e. The van der Waals surface area contributed by atoms with Gasteiger partial charge in [-0.15, -0.1) is 0 Å². The summed E-state index contributed by atoms with van der Waals surface area (Å²) in [4.78, 5) is 23.0. The van der Waals surface area contributed by atoms with Gasteiger partial charge in [-0.3, -0.25) is 4.79 Å². The molecule has 20 heavy (non-hydrogen) atoms. The quantitative estimate of drug-likeness (QED) is 0.676. The summed E-state index contributed by atoms with van der Waals surface area (Å²) in [7, 11) is 1.55. The molecule has 1 heterocycles. The van der Waals surface area contributed by atoms with E-state index in [9.17, 15) is 9.59 Å². The van der Waals surface area contributed by atoms with Crippen molar-refractivity contribution < 1.29 is 23.8 Å². The van der Waals surface area contributed by atoms with Crippen molar-refractivity contribution in [2.24, 2.45) is 0 Å². The highest BCUT2D eigenvalue weighted by molar-refractivity contribution is 7.97. The number of carbonyl (C=O) groups is 2. The van der Waals surface area contributed by atoms with Crippen molar-refractivity contribution in [1.29, 1.82) is 0 Å². The van der Waals surface area contributed by atoms with Crippen LogP contribution in [0.2, 0.25) is 0 Å². The molecule has 1 amide bonds. The fraction of sp³-hybridized carbons (Fsp3) is 0.538. The third-order valence-electron chi connectivity index (χ3n) is 2.62. The highest BCUT2D eigenvalue weighted by atomic mass is 32.2. The zero-order chi connectivity index (χ0) is 15.0. The number of carbonyl (C=O) groups excluding carboxylic acids is 1. The first-order valence-electron chi connectivity index (χ1n) is 6.18. The Bertz CT molecular complexity index is 446. The summed E-state index contributed by atoms with van der Waals surface area (Å²) in [6, 6.07) is 2.33. The molecule has 0 aliphatic rings. The van der Waals surface area contributed by atoms with Gasteiger partial charge in [-0.25, -0.2) is 4.79 Å². The maximum Gasteiger partial charge on any atom is 0.326 e. The Kier molecular flexibility index (Phi) is 7.17. The molecule has 1 rings (SSSR count). The molecular weight excluding hydrogens is 282 g/mol. The van der Waals surface area contributed by atoms with E-state index in [1.807, 2.05) is 6.26 Å². The number of amides is 1. The molecule has 0 saturated carbocycles. The highest BCUT2D eigenvalue weighted by Gasteiger charge is 2.21. The minimum absolute atomic E-state index is 0.132. The minimum Gasteiger partial charge on any atom is -0.480 e. The van der Waals surface area contributed by atoms with E-state index in [4.69, 9.17) is 14.3 Å². The molecule has 112 valence electrons. The van der Waals surface area contributed by atoms with Crippen LogP contribution in [0.5, 0.6) is 0 Å². The van der Waals surface area contributed by atoms with E-state index in [1.54, 1.807) is 31.0 Å². The van der Waals surface area contributed by atoms with Gasteiger partial charge in [0.25, 0.3) is 5.91 Å². The van der Waals surface area contributed by atoms with Crippen molar-refractivity contribution in [3.8, 4) is 0 Å². The molecule has 0 aliphatic carbocycles. The molecule has 7 heteroatoms. The number of rotatable bonds is 9. The third kappa shape index (κ3) is 5.26. The summed E-state index contributed by atoms with van der Waals surface area (Å²) in [6.07, 6.45) is 2.80. The van der Waals surface area contributed by atoms with Crippen molar-refractivity contribution in [3.63, 3.8) is 0 Å². The van der Waals surface area contributed by atoms with Gasteiger partial charge in [-0.1, -0.05) is 0 Å². The van der Waals surface area contributed by atoms with Gasteiger partial charge >= 0.3 is 5.97 Å². The summed E-state index contributed by atoms with van der Waals surface area (Å²) < 4.78 is 10.2. The third-order valence-corrected chi connectivity index (χ3v) is 3.19. The summed E-state index contributed by atoms with van der Waals surface area (Å²) in [6.45, 7) is 0.457. The average Bonchev–Trinajstić information content (AvgIpc) is 2.86. The van der Waals surface area contributed by atoms with Crippen LogP contribution in [0.25, 0.3) is 0 Å². The lowest BCUT2D eigenvalue weighted by Crippen LogP contribution is -2.40. The number of ether oxygens (including phenoxy) is 1. The predicted molar refractivity (Wildman–Crippen MR) is 75.9 cm³/mol. The van der Waals surface area contributed by atoms with Crippen molar-refractivity contribution in [2.45, 2.75) is 24.6 Å². The first-order chi connectivity index (χ1) is 9.58. The van der Waals surface area contributed by atoms with Gasteiger partial charge in [-0.2, -0.15) is 11.8 Å². The van der Waals surface area contributed by atoms with Crippen molar-refractivity contribution in [1.82, 2.24) is 5.32 Å². The van der Waals surface area contributed by atoms with Crippen LogP contribution >= 0.6 is 11.8 Å². The topological polar surface area (TPSA) is 88.8 Å². The van der Waals surface area contributed by atoms with Gasteiger partial charge < -0.3 is 19.6 Å². The maximum absolute atomic E-state index is 11.9. The Morgan fingerprint density at radius 1 is 1.50 bits per heavy atom. The monoisotopic (exact) mass is 301 g/mol. The Hall–Kier alpha value is -1.47. The lowest BCUT2D eigenvalue weighted by molar-refractivity contribution is -0.139. The Balaban J connectivity index is 2.57. The van der Waals surface area contributed by atoms with Crippen LogP contribution in [0.4, 0.5) is 0 Å². The van der Waals surface area contributed by atoms with Crippen molar-refractivity contribution >= 4 is 23.6 Å². The Morgan fingerprint density at radius 3 is 2.85 bits per heavy atom. The van der Waals surface area contributed by atoms with Crippen LogP contribution < -0.4 is 5.32 Å².